The number of rotatable bonds is 6. The molecule has 0 atom stereocenters. The first-order chi connectivity index (χ1) is 15.5. The Hall–Kier alpha value is -4.46. The topological polar surface area (TPSA) is 98.8 Å². The van der Waals surface area contributed by atoms with E-state index in [1.807, 2.05) is 53.9 Å². The summed E-state index contributed by atoms with van der Waals surface area (Å²) in [7, 11) is 1.59. The molecule has 8 nitrogen and oxygen atoms in total. The first-order valence-electron chi connectivity index (χ1n) is 9.82. The van der Waals surface area contributed by atoms with E-state index in [1.165, 1.54) is 18.2 Å². The summed E-state index contributed by atoms with van der Waals surface area (Å²) in [5, 5.41) is 13.7. The Kier molecular flexibility index (Phi) is 5.67. The molecule has 4 aromatic rings. The third-order valence-corrected chi connectivity index (χ3v) is 4.92. The summed E-state index contributed by atoms with van der Waals surface area (Å²) in [6.45, 7) is 1.97. The molecule has 2 aromatic carbocycles. The SMILES string of the molecule is COc1ccccc1-c1nc2cc(C)ccn2c1NC(=O)/C=C/c1ccc([N+](=O)[O-])cc1. The van der Waals surface area contributed by atoms with Crippen molar-refractivity contribution in [2.45, 2.75) is 6.92 Å². The number of nitrogens with zero attached hydrogens (tertiary/aromatic N) is 3. The second-order valence-electron chi connectivity index (χ2n) is 7.11. The minimum atomic E-state index is -0.466. The Bertz CT molecular complexity index is 1340. The van der Waals surface area contributed by atoms with E-state index in [9.17, 15) is 14.9 Å². The summed E-state index contributed by atoms with van der Waals surface area (Å²) < 4.78 is 7.30. The first kappa shape index (κ1) is 20.8. The average Bonchev–Trinajstić information content (AvgIpc) is 3.14. The lowest BCUT2D eigenvalue weighted by atomic mass is 10.1. The molecular formula is C24H20N4O4. The molecule has 2 heterocycles. The zero-order valence-electron chi connectivity index (χ0n) is 17.5. The van der Waals surface area contributed by atoms with Gasteiger partial charge in [-0.1, -0.05) is 12.1 Å². The fourth-order valence-electron chi connectivity index (χ4n) is 3.33. The molecule has 32 heavy (non-hydrogen) atoms. The van der Waals surface area contributed by atoms with Crippen LogP contribution in [0, 0.1) is 17.0 Å². The number of non-ortho nitro benzene ring substituents is 1. The van der Waals surface area contributed by atoms with Crippen LogP contribution in [-0.4, -0.2) is 27.3 Å². The molecule has 0 bridgehead atoms. The Balaban J connectivity index is 1.68. The highest BCUT2D eigenvalue weighted by molar-refractivity contribution is 6.04. The molecule has 0 fully saturated rings. The number of aromatic nitrogens is 2. The fourth-order valence-corrected chi connectivity index (χ4v) is 3.33. The van der Waals surface area contributed by atoms with E-state index >= 15 is 0 Å². The minimum absolute atomic E-state index is 0.00549. The smallest absolute Gasteiger partial charge is 0.269 e. The van der Waals surface area contributed by atoms with Crippen molar-refractivity contribution in [1.82, 2.24) is 9.38 Å². The van der Waals surface area contributed by atoms with Crippen LogP contribution in [-0.2, 0) is 4.79 Å². The number of benzene rings is 2. The van der Waals surface area contributed by atoms with Crippen LogP contribution in [0.4, 0.5) is 11.5 Å². The molecule has 2 aromatic heterocycles. The molecule has 160 valence electrons. The van der Waals surface area contributed by atoms with E-state index in [0.29, 0.717) is 28.5 Å². The van der Waals surface area contributed by atoms with Gasteiger partial charge in [0, 0.05) is 30.0 Å². The number of carbonyl (C=O) groups is 1. The van der Waals surface area contributed by atoms with Gasteiger partial charge in [-0.05, 0) is 60.5 Å². The van der Waals surface area contributed by atoms with Gasteiger partial charge in [0.15, 0.2) is 0 Å². The molecular weight excluding hydrogens is 408 g/mol. The molecule has 0 spiro atoms. The van der Waals surface area contributed by atoms with Crippen molar-refractivity contribution in [2.75, 3.05) is 12.4 Å². The Morgan fingerprint density at radius 3 is 2.62 bits per heavy atom. The molecule has 0 radical (unpaired) electrons. The molecule has 0 aliphatic heterocycles. The quantitative estimate of drug-likeness (QED) is 0.268. The largest absolute Gasteiger partial charge is 0.496 e. The molecule has 8 heteroatoms. The number of anilines is 1. The van der Waals surface area contributed by atoms with Gasteiger partial charge in [0.2, 0.25) is 5.91 Å². The maximum absolute atomic E-state index is 12.7. The van der Waals surface area contributed by atoms with E-state index in [1.54, 1.807) is 25.3 Å². The normalized spacial score (nSPS) is 11.1. The Morgan fingerprint density at radius 2 is 1.91 bits per heavy atom. The number of imidazole rings is 1. The number of nitro benzene ring substituents is 1. The van der Waals surface area contributed by atoms with Gasteiger partial charge < -0.3 is 10.1 Å². The summed E-state index contributed by atoms with van der Waals surface area (Å²) >= 11 is 0. The number of para-hydroxylation sites is 1. The second-order valence-corrected chi connectivity index (χ2v) is 7.11. The summed E-state index contributed by atoms with van der Waals surface area (Å²) in [5.74, 6) is 0.800. The van der Waals surface area contributed by atoms with Gasteiger partial charge in [-0.2, -0.15) is 0 Å². The number of aryl methyl sites for hydroxylation is 1. The predicted octanol–water partition coefficient (Wildman–Crippen LogP) is 4.88. The monoisotopic (exact) mass is 428 g/mol. The highest BCUT2D eigenvalue weighted by Crippen LogP contribution is 2.35. The van der Waals surface area contributed by atoms with Crippen molar-refractivity contribution in [3.05, 3.63) is 94.2 Å². The Morgan fingerprint density at radius 1 is 1.16 bits per heavy atom. The zero-order valence-corrected chi connectivity index (χ0v) is 17.5. The van der Waals surface area contributed by atoms with E-state index in [4.69, 9.17) is 9.72 Å². The maximum Gasteiger partial charge on any atom is 0.269 e. The van der Waals surface area contributed by atoms with Crippen molar-refractivity contribution in [1.29, 1.82) is 0 Å². The predicted molar refractivity (Wildman–Crippen MR) is 123 cm³/mol. The van der Waals surface area contributed by atoms with Crippen LogP contribution in [0.3, 0.4) is 0 Å². The maximum atomic E-state index is 12.7. The Labute approximate surface area is 183 Å². The van der Waals surface area contributed by atoms with Crippen molar-refractivity contribution in [3.63, 3.8) is 0 Å². The van der Waals surface area contributed by atoms with Gasteiger partial charge in [0.1, 0.15) is 22.9 Å². The number of methoxy groups -OCH3 is 1. The lowest BCUT2D eigenvalue weighted by Gasteiger charge is -2.09. The lowest BCUT2D eigenvalue weighted by molar-refractivity contribution is -0.384. The van der Waals surface area contributed by atoms with Gasteiger partial charge in [-0.25, -0.2) is 4.98 Å². The molecule has 0 saturated heterocycles. The third kappa shape index (κ3) is 4.20. The van der Waals surface area contributed by atoms with E-state index in [-0.39, 0.29) is 11.6 Å². The van der Waals surface area contributed by atoms with Gasteiger partial charge in [-0.15, -0.1) is 0 Å². The second kappa shape index (κ2) is 8.73. The van der Waals surface area contributed by atoms with Crippen LogP contribution < -0.4 is 10.1 Å². The fraction of sp³-hybridized carbons (Fsp3) is 0.0833. The number of fused-ring (bicyclic) bond motifs is 1. The van der Waals surface area contributed by atoms with Gasteiger partial charge in [0.05, 0.1) is 12.0 Å². The van der Waals surface area contributed by atoms with Crippen LogP contribution in [0.2, 0.25) is 0 Å². The highest BCUT2D eigenvalue weighted by atomic mass is 16.6. The lowest BCUT2D eigenvalue weighted by Crippen LogP contribution is -2.10. The highest BCUT2D eigenvalue weighted by Gasteiger charge is 2.18. The summed E-state index contributed by atoms with van der Waals surface area (Å²) in [4.78, 5) is 27.8. The average molecular weight is 428 g/mol. The number of amides is 1. The van der Waals surface area contributed by atoms with Crippen molar-refractivity contribution < 1.29 is 14.5 Å². The molecule has 1 N–H and O–H groups in total. The number of hydrogen-bond acceptors (Lipinski definition) is 5. The third-order valence-electron chi connectivity index (χ3n) is 4.92. The molecule has 0 saturated carbocycles. The summed E-state index contributed by atoms with van der Waals surface area (Å²) in [5.41, 5.74) is 3.75. The number of ether oxygens (including phenoxy) is 1. The first-order valence-corrected chi connectivity index (χ1v) is 9.82. The van der Waals surface area contributed by atoms with Crippen LogP contribution in [0.1, 0.15) is 11.1 Å². The van der Waals surface area contributed by atoms with Crippen molar-refractivity contribution in [3.8, 4) is 17.0 Å². The van der Waals surface area contributed by atoms with Crippen LogP contribution >= 0.6 is 0 Å². The standard InChI is InChI=1S/C24H20N4O4/c1-16-13-14-27-21(15-16)25-23(19-5-3-4-6-20(19)32-2)24(27)26-22(29)12-9-17-7-10-18(11-8-17)28(30)31/h3-15H,1-2H3,(H,26,29)/b12-9+. The van der Waals surface area contributed by atoms with Crippen molar-refractivity contribution >= 4 is 29.1 Å². The molecule has 0 aliphatic carbocycles. The molecule has 1 amide bonds. The zero-order chi connectivity index (χ0) is 22.7. The molecule has 4 rings (SSSR count). The summed E-state index contributed by atoms with van der Waals surface area (Å²) in [6.07, 6.45) is 4.82. The number of pyridine rings is 1. The van der Waals surface area contributed by atoms with E-state index in [0.717, 1.165) is 11.1 Å². The number of nitrogens with one attached hydrogen (secondary N) is 1. The number of carbonyl (C=O) groups excluding carboxylic acids is 1. The van der Waals surface area contributed by atoms with Gasteiger partial charge in [0.25, 0.3) is 5.69 Å². The van der Waals surface area contributed by atoms with Gasteiger partial charge in [-0.3, -0.25) is 19.3 Å². The minimum Gasteiger partial charge on any atom is -0.496 e. The molecule has 0 aliphatic rings. The van der Waals surface area contributed by atoms with Crippen LogP contribution in [0.5, 0.6) is 5.75 Å². The number of nitro groups is 1. The van der Waals surface area contributed by atoms with Crippen LogP contribution in [0.25, 0.3) is 23.0 Å². The van der Waals surface area contributed by atoms with Crippen LogP contribution in [0.15, 0.2) is 72.9 Å². The number of hydrogen-bond donors (Lipinski definition) is 1. The van der Waals surface area contributed by atoms with E-state index in [2.05, 4.69) is 5.32 Å². The van der Waals surface area contributed by atoms with Gasteiger partial charge >= 0.3 is 0 Å². The molecule has 0 unspecified atom stereocenters. The summed E-state index contributed by atoms with van der Waals surface area (Å²) in [6, 6.07) is 17.3. The van der Waals surface area contributed by atoms with E-state index < -0.39 is 4.92 Å². The van der Waals surface area contributed by atoms with Crippen molar-refractivity contribution in [2.24, 2.45) is 0 Å².